The molecular weight excluding hydrogens is 238 g/mol. The first kappa shape index (κ1) is 14.4. The van der Waals surface area contributed by atoms with Crippen molar-refractivity contribution < 1.29 is 9.53 Å². The molecule has 17 heavy (non-hydrogen) atoms. The molecule has 1 fully saturated rings. The van der Waals surface area contributed by atoms with Crippen LogP contribution < -0.4 is 0 Å². The van der Waals surface area contributed by atoms with Crippen LogP contribution in [0.4, 0.5) is 4.79 Å². The summed E-state index contributed by atoms with van der Waals surface area (Å²) in [4.78, 5) is 13.7. The van der Waals surface area contributed by atoms with Crippen LogP contribution in [0.5, 0.6) is 0 Å². The van der Waals surface area contributed by atoms with Gasteiger partial charge in [-0.3, -0.25) is 0 Å². The quantitative estimate of drug-likeness (QED) is 0.532. The van der Waals surface area contributed by atoms with Gasteiger partial charge in [-0.15, -0.1) is 11.6 Å². The van der Waals surface area contributed by atoms with E-state index in [0.717, 1.165) is 19.4 Å². The zero-order valence-corrected chi connectivity index (χ0v) is 11.9. The van der Waals surface area contributed by atoms with E-state index in [1.54, 1.807) is 4.90 Å². The van der Waals surface area contributed by atoms with E-state index in [9.17, 15) is 4.79 Å². The average molecular weight is 260 g/mol. The number of allylic oxidation sites excluding steroid dienone is 1. The Morgan fingerprint density at radius 3 is 2.65 bits per heavy atom. The SMILES string of the molecule is CC(CCl)=C1CCCN(C(=O)OC(C)(C)C)C1. The fourth-order valence-corrected chi connectivity index (χ4v) is 1.99. The first-order chi connectivity index (χ1) is 7.83. The summed E-state index contributed by atoms with van der Waals surface area (Å²) in [7, 11) is 0. The lowest BCUT2D eigenvalue weighted by atomic mass is 10.0. The Labute approximate surface area is 109 Å². The monoisotopic (exact) mass is 259 g/mol. The highest BCUT2D eigenvalue weighted by atomic mass is 35.5. The Kier molecular flexibility index (Phi) is 4.87. The predicted molar refractivity (Wildman–Crippen MR) is 70.5 cm³/mol. The van der Waals surface area contributed by atoms with Crippen molar-refractivity contribution in [1.82, 2.24) is 4.90 Å². The molecule has 1 rings (SSSR count). The van der Waals surface area contributed by atoms with Crippen LogP contribution in [0.1, 0.15) is 40.5 Å². The Hall–Kier alpha value is -0.700. The maximum absolute atomic E-state index is 11.9. The standard InChI is InChI=1S/C13H22ClNO2/c1-10(8-14)11-6-5-7-15(9-11)12(16)17-13(2,3)4/h5-9H2,1-4H3. The highest BCUT2D eigenvalue weighted by Gasteiger charge is 2.25. The van der Waals surface area contributed by atoms with E-state index < -0.39 is 5.60 Å². The molecule has 0 radical (unpaired) electrons. The minimum absolute atomic E-state index is 0.225. The van der Waals surface area contributed by atoms with Gasteiger partial charge in [-0.25, -0.2) is 4.79 Å². The van der Waals surface area contributed by atoms with E-state index >= 15 is 0 Å². The number of rotatable bonds is 1. The minimum Gasteiger partial charge on any atom is -0.444 e. The van der Waals surface area contributed by atoms with Crippen LogP contribution in [0.25, 0.3) is 0 Å². The third kappa shape index (κ3) is 4.58. The summed E-state index contributed by atoms with van der Waals surface area (Å²) in [5.41, 5.74) is 2.02. The van der Waals surface area contributed by atoms with Gasteiger partial charge in [-0.2, -0.15) is 0 Å². The van der Waals surface area contributed by atoms with Gasteiger partial charge in [0.1, 0.15) is 5.60 Å². The third-order valence-electron chi connectivity index (χ3n) is 2.74. The van der Waals surface area contributed by atoms with Crippen LogP contribution in [0.2, 0.25) is 0 Å². The van der Waals surface area contributed by atoms with Gasteiger partial charge in [0.15, 0.2) is 0 Å². The molecule has 0 aromatic heterocycles. The first-order valence-electron chi connectivity index (χ1n) is 6.05. The second-order valence-electron chi connectivity index (χ2n) is 5.52. The Morgan fingerprint density at radius 1 is 1.47 bits per heavy atom. The molecule has 0 aromatic carbocycles. The Morgan fingerprint density at radius 2 is 2.12 bits per heavy atom. The second-order valence-corrected chi connectivity index (χ2v) is 5.79. The zero-order valence-electron chi connectivity index (χ0n) is 11.2. The van der Waals surface area contributed by atoms with Crippen LogP contribution >= 0.6 is 11.6 Å². The lowest BCUT2D eigenvalue weighted by Crippen LogP contribution is -2.40. The number of alkyl halides is 1. The van der Waals surface area contributed by atoms with E-state index in [2.05, 4.69) is 0 Å². The molecule has 0 N–H and O–H groups in total. The molecule has 0 saturated carbocycles. The molecule has 0 aromatic rings. The number of hydrogen-bond donors (Lipinski definition) is 0. The third-order valence-corrected chi connectivity index (χ3v) is 3.14. The molecule has 1 aliphatic heterocycles. The summed E-state index contributed by atoms with van der Waals surface area (Å²) in [6, 6.07) is 0. The van der Waals surface area contributed by atoms with Crippen LogP contribution in [0.15, 0.2) is 11.1 Å². The van der Waals surface area contributed by atoms with E-state index in [4.69, 9.17) is 16.3 Å². The minimum atomic E-state index is -0.431. The van der Waals surface area contributed by atoms with Gasteiger partial charge in [-0.1, -0.05) is 11.1 Å². The fourth-order valence-electron chi connectivity index (χ4n) is 1.80. The van der Waals surface area contributed by atoms with Gasteiger partial charge in [0.05, 0.1) is 0 Å². The van der Waals surface area contributed by atoms with Gasteiger partial charge in [0.2, 0.25) is 0 Å². The number of amides is 1. The molecule has 98 valence electrons. The lowest BCUT2D eigenvalue weighted by Gasteiger charge is -2.31. The van der Waals surface area contributed by atoms with Crippen molar-refractivity contribution in [3.63, 3.8) is 0 Å². The van der Waals surface area contributed by atoms with Gasteiger partial charge in [0.25, 0.3) is 0 Å². The molecule has 0 aliphatic carbocycles. The highest BCUT2D eigenvalue weighted by Crippen LogP contribution is 2.21. The number of piperidine rings is 1. The summed E-state index contributed by atoms with van der Waals surface area (Å²) in [6.45, 7) is 9.11. The predicted octanol–water partition coefficient (Wildman–Crippen LogP) is 3.57. The van der Waals surface area contributed by atoms with Gasteiger partial charge < -0.3 is 9.64 Å². The van der Waals surface area contributed by atoms with Crippen molar-refractivity contribution in [3.05, 3.63) is 11.1 Å². The lowest BCUT2D eigenvalue weighted by molar-refractivity contribution is 0.0246. The number of likely N-dealkylation sites (tertiary alicyclic amines) is 1. The van der Waals surface area contributed by atoms with Crippen LogP contribution in [-0.2, 0) is 4.74 Å². The number of carbonyl (C=O) groups is 1. The van der Waals surface area contributed by atoms with Crippen molar-refractivity contribution in [2.75, 3.05) is 19.0 Å². The maximum Gasteiger partial charge on any atom is 0.410 e. The molecule has 0 bridgehead atoms. The first-order valence-corrected chi connectivity index (χ1v) is 6.58. The topological polar surface area (TPSA) is 29.5 Å². The smallest absolute Gasteiger partial charge is 0.410 e. The van der Waals surface area contributed by atoms with Crippen LogP contribution in [-0.4, -0.2) is 35.6 Å². The molecular formula is C13H22ClNO2. The molecule has 3 nitrogen and oxygen atoms in total. The summed E-state index contributed by atoms with van der Waals surface area (Å²) < 4.78 is 5.37. The fraction of sp³-hybridized carbons (Fsp3) is 0.769. The molecule has 4 heteroatoms. The summed E-state index contributed by atoms with van der Waals surface area (Å²) in [5.74, 6) is 0.539. The molecule has 1 heterocycles. The molecule has 1 aliphatic rings. The van der Waals surface area contributed by atoms with Crippen molar-refractivity contribution in [1.29, 1.82) is 0 Å². The molecule has 1 saturated heterocycles. The average Bonchev–Trinajstić information content (AvgIpc) is 2.26. The van der Waals surface area contributed by atoms with Crippen molar-refractivity contribution in [2.24, 2.45) is 0 Å². The Bertz CT molecular complexity index is 318. The zero-order chi connectivity index (χ0) is 13.1. The van der Waals surface area contributed by atoms with Crippen molar-refractivity contribution >= 4 is 17.7 Å². The number of nitrogens with zero attached hydrogens (tertiary/aromatic N) is 1. The number of carbonyl (C=O) groups excluding carboxylic acids is 1. The Balaban J connectivity index is 2.64. The van der Waals surface area contributed by atoms with Gasteiger partial charge in [0, 0.05) is 19.0 Å². The van der Waals surface area contributed by atoms with E-state index in [1.807, 2.05) is 27.7 Å². The summed E-state index contributed by atoms with van der Waals surface area (Å²) in [5, 5.41) is 0. The van der Waals surface area contributed by atoms with Crippen LogP contribution in [0, 0.1) is 0 Å². The number of ether oxygens (including phenoxy) is 1. The van der Waals surface area contributed by atoms with E-state index in [0.29, 0.717) is 12.4 Å². The summed E-state index contributed by atoms with van der Waals surface area (Å²) in [6.07, 6.45) is 1.80. The molecule has 0 spiro atoms. The molecule has 0 unspecified atom stereocenters. The van der Waals surface area contributed by atoms with E-state index in [-0.39, 0.29) is 6.09 Å². The van der Waals surface area contributed by atoms with Crippen LogP contribution in [0.3, 0.4) is 0 Å². The van der Waals surface area contributed by atoms with Crippen molar-refractivity contribution in [2.45, 2.75) is 46.1 Å². The van der Waals surface area contributed by atoms with Crippen molar-refractivity contribution in [3.8, 4) is 0 Å². The second kappa shape index (κ2) is 5.76. The van der Waals surface area contributed by atoms with E-state index in [1.165, 1.54) is 11.1 Å². The number of halogens is 1. The van der Waals surface area contributed by atoms with Gasteiger partial charge >= 0.3 is 6.09 Å². The molecule has 1 amide bonds. The highest BCUT2D eigenvalue weighted by molar-refractivity contribution is 6.19. The number of hydrogen-bond acceptors (Lipinski definition) is 2. The largest absolute Gasteiger partial charge is 0.444 e. The molecule has 0 atom stereocenters. The summed E-state index contributed by atoms with van der Waals surface area (Å²) >= 11 is 5.83. The van der Waals surface area contributed by atoms with Gasteiger partial charge in [-0.05, 0) is 40.5 Å². The normalized spacial score (nSPS) is 20.2. The maximum atomic E-state index is 11.9.